The molecule has 0 radical (unpaired) electrons. The minimum absolute atomic E-state index is 0.131. The van der Waals surface area contributed by atoms with Crippen molar-refractivity contribution in [1.82, 2.24) is 9.88 Å². The predicted molar refractivity (Wildman–Crippen MR) is 63.0 cm³/mol. The van der Waals surface area contributed by atoms with Gasteiger partial charge in [-0.05, 0) is 19.2 Å². The van der Waals surface area contributed by atoms with Crippen LogP contribution in [0.3, 0.4) is 0 Å². The third-order valence-corrected chi connectivity index (χ3v) is 3.05. The van der Waals surface area contributed by atoms with Gasteiger partial charge in [0.25, 0.3) is 0 Å². The van der Waals surface area contributed by atoms with Crippen molar-refractivity contribution in [2.24, 2.45) is 0 Å². The molecule has 0 aliphatic heterocycles. The Kier molecular flexibility index (Phi) is 3.55. The van der Waals surface area contributed by atoms with Gasteiger partial charge < -0.3 is 9.52 Å². The molecule has 0 spiro atoms. The van der Waals surface area contributed by atoms with E-state index in [1.165, 1.54) is 0 Å². The van der Waals surface area contributed by atoms with E-state index >= 15 is 0 Å². The molecule has 0 aromatic carbocycles. The van der Waals surface area contributed by atoms with Gasteiger partial charge in [0.1, 0.15) is 5.76 Å². The quantitative estimate of drug-likeness (QED) is 0.882. The molecule has 2 aromatic heterocycles. The van der Waals surface area contributed by atoms with E-state index in [-0.39, 0.29) is 5.01 Å². The largest absolute Gasteiger partial charge is 0.476 e. The second kappa shape index (κ2) is 5.11. The Labute approximate surface area is 102 Å². The highest BCUT2D eigenvalue weighted by Gasteiger charge is 2.11. The number of aromatic nitrogens is 1. The Morgan fingerprint density at radius 3 is 3.00 bits per heavy atom. The van der Waals surface area contributed by atoms with E-state index in [2.05, 4.69) is 4.98 Å². The summed E-state index contributed by atoms with van der Waals surface area (Å²) in [6, 6.07) is 3.74. The first-order valence-electron chi connectivity index (χ1n) is 5.04. The minimum atomic E-state index is -0.977. The molecule has 0 amide bonds. The standard InChI is InChI=1S/C11H12N2O3S/c1-13(6-9-3-2-4-16-9)5-8-7-17-10(12-8)11(14)15/h2-4,7H,5-6H2,1H3,(H,14,15). The highest BCUT2D eigenvalue weighted by Crippen LogP contribution is 2.12. The van der Waals surface area contributed by atoms with E-state index in [4.69, 9.17) is 9.52 Å². The minimum Gasteiger partial charge on any atom is -0.476 e. The van der Waals surface area contributed by atoms with Gasteiger partial charge in [0, 0.05) is 11.9 Å². The molecule has 2 aromatic rings. The molecule has 6 heteroatoms. The number of thiazole rings is 1. The van der Waals surface area contributed by atoms with Crippen LogP contribution in [-0.4, -0.2) is 28.0 Å². The number of rotatable bonds is 5. The maximum absolute atomic E-state index is 10.7. The molecule has 5 nitrogen and oxygen atoms in total. The molecule has 0 saturated heterocycles. The fourth-order valence-electron chi connectivity index (χ4n) is 1.48. The molecule has 0 aliphatic carbocycles. The van der Waals surface area contributed by atoms with Crippen molar-refractivity contribution in [3.63, 3.8) is 0 Å². The summed E-state index contributed by atoms with van der Waals surface area (Å²) in [4.78, 5) is 16.7. The summed E-state index contributed by atoms with van der Waals surface area (Å²) in [5.74, 6) is -0.101. The van der Waals surface area contributed by atoms with Crippen LogP contribution in [0.15, 0.2) is 28.2 Å². The molecule has 0 atom stereocenters. The SMILES string of the molecule is CN(Cc1csc(C(=O)O)n1)Cc1ccco1. The summed E-state index contributed by atoms with van der Waals surface area (Å²) in [5.41, 5.74) is 0.765. The number of hydrogen-bond acceptors (Lipinski definition) is 5. The lowest BCUT2D eigenvalue weighted by Crippen LogP contribution is -2.17. The zero-order valence-corrected chi connectivity index (χ0v) is 10.1. The van der Waals surface area contributed by atoms with Gasteiger partial charge in [-0.1, -0.05) is 0 Å². The third-order valence-electron chi connectivity index (χ3n) is 2.17. The van der Waals surface area contributed by atoms with Crippen molar-refractivity contribution >= 4 is 17.3 Å². The Morgan fingerprint density at radius 2 is 2.41 bits per heavy atom. The molecule has 0 bridgehead atoms. The van der Waals surface area contributed by atoms with Crippen LogP contribution in [0.4, 0.5) is 0 Å². The van der Waals surface area contributed by atoms with Crippen molar-refractivity contribution < 1.29 is 14.3 Å². The van der Waals surface area contributed by atoms with E-state index < -0.39 is 5.97 Å². The summed E-state index contributed by atoms with van der Waals surface area (Å²) in [6.45, 7) is 1.28. The predicted octanol–water partition coefficient (Wildman–Crippen LogP) is 2.07. The second-order valence-corrected chi connectivity index (χ2v) is 4.56. The van der Waals surface area contributed by atoms with Crippen LogP contribution >= 0.6 is 11.3 Å². The molecule has 0 aliphatic rings. The van der Waals surface area contributed by atoms with Crippen LogP contribution in [-0.2, 0) is 13.1 Å². The normalized spacial score (nSPS) is 10.9. The zero-order valence-electron chi connectivity index (χ0n) is 9.29. The Balaban J connectivity index is 1.93. The van der Waals surface area contributed by atoms with Crippen molar-refractivity contribution in [3.8, 4) is 0 Å². The van der Waals surface area contributed by atoms with Crippen LogP contribution in [0.1, 0.15) is 21.3 Å². The smallest absolute Gasteiger partial charge is 0.365 e. The highest BCUT2D eigenvalue weighted by atomic mass is 32.1. The van der Waals surface area contributed by atoms with Gasteiger partial charge >= 0.3 is 5.97 Å². The lowest BCUT2D eigenvalue weighted by Gasteiger charge is -2.12. The Hall–Kier alpha value is -1.66. The maximum Gasteiger partial charge on any atom is 0.365 e. The molecular weight excluding hydrogens is 240 g/mol. The molecular formula is C11H12N2O3S. The van der Waals surface area contributed by atoms with Gasteiger partial charge in [0.2, 0.25) is 5.01 Å². The molecule has 0 unspecified atom stereocenters. The lowest BCUT2D eigenvalue weighted by atomic mass is 10.4. The zero-order chi connectivity index (χ0) is 12.3. The van der Waals surface area contributed by atoms with Gasteiger partial charge in [-0.25, -0.2) is 9.78 Å². The van der Waals surface area contributed by atoms with Crippen molar-refractivity contribution in [2.45, 2.75) is 13.1 Å². The molecule has 0 saturated carbocycles. The van der Waals surface area contributed by atoms with Crippen LogP contribution in [0.5, 0.6) is 0 Å². The molecule has 90 valence electrons. The number of carboxylic acid groups (broad SMARTS) is 1. The van der Waals surface area contributed by atoms with Crippen LogP contribution in [0, 0.1) is 0 Å². The number of carbonyl (C=O) groups is 1. The van der Waals surface area contributed by atoms with Crippen LogP contribution in [0.25, 0.3) is 0 Å². The van der Waals surface area contributed by atoms with Crippen LogP contribution < -0.4 is 0 Å². The number of nitrogens with zero attached hydrogens (tertiary/aromatic N) is 2. The second-order valence-electron chi connectivity index (χ2n) is 3.70. The number of hydrogen-bond donors (Lipinski definition) is 1. The van der Waals surface area contributed by atoms with Gasteiger partial charge in [0.15, 0.2) is 0 Å². The first-order valence-corrected chi connectivity index (χ1v) is 5.92. The molecule has 2 rings (SSSR count). The van der Waals surface area contributed by atoms with E-state index in [0.29, 0.717) is 13.1 Å². The van der Waals surface area contributed by atoms with E-state index in [9.17, 15) is 4.79 Å². The fraction of sp³-hybridized carbons (Fsp3) is 0.273. The first kappa shape index (κ1) is 11.8. The van der Waals surface area contributed by atoms with E-state index in [0.717, 1.165) is 22.8 Å². The van der Waals surface area contributed by atoms with E-state index in [1.807, 2.05) is 24.1 Å². The number of furan rings is 1. The summed E-state index contributed by atoms with van der Waals surface area (Å²) in [5, 5.41) is 10.7. The summed E-state index contributed by atoms with van der Waals surface area (Å²) in [6.07, 6.45) is 1.63. The van der Waals surface area contributed by atoms with Crippen molar-refractivity contribution in [2.75, 3.05) is 7.05 Å². The topological polar surface area (TPSA) is 66.6 Å². The Morgan fingerprint density at radius 1 is 1.59 bits per heavy atom. The first-order chi connectivity index (χ1) is 8.15. The van der Waals surface area contributed by atoms with Gasteiger partial charge in [-0.3, -0.25) is 4.90 Å². The summed E-state index contributed by atoms with van der Waals surface area (Å²) in [7, 11) is 1.93. The summed E-state index contributed by atoms with van der Waals surface area (Å²) >= 11 is 1.15. The number of carboxylic acids is 1. The molecule has 2 heterocycles. The average Bonchev–Trinajstić information content (AvgIpc) is 2.88. The van der Waals surface area contributed by atoms with Gasteiger partial charge in [-0.2, -0.15) is 0 Å². The van der Waals surface area contributed by atoms with E-state index in [1.54, 1.807) is 11.6 Å². The monoisotopic (exact) mass is 252 g/mol. The molecule has 1 N–H and O–H groups in total. The maximum atomic E-state index is 10.7. The van der Waals surface area contributed by atoms with Crippen molar-refractivity contribution in [3.05, 3.63) is 40.2 Å². The average molecular weight is 252 g/mol. The molecule has 17 heavy (non-hydrogen) atoms. The third kappa shape index (κ3) is 3.15. The van der Waals surface area contributed by atoms with Crippen LogP contribution in [0.2, 0.25) is 0 Å². The Bertz CT molecular complexity index is 493. The summed E-state index contributed by atoms with van der Waals surface area (Å²) < 4.78 is 5.23. The van der Waals surface area contributed by atoms with Gasteiger partial charge in [0.05, 0.1) is 18.5 Å². The van der Waals surface area contributed by atoms with Gasteiger partial charge in [-0.15, -0.1) is 11.3 Å². The number of aromatic carboxylic acids is 1. The highest BCUT2D eigenvalue weighted by molar-refractivity contribution is 7.11. The molecule has 0 fully saturated rings. The lowest BCUT2D eigenvalue weighted by molar-refractivity contribution is 0.0696. The van der Waals surface area contributed by atoms with Crippen molar-refractivity contribution in [1.29, 1.82) is 0 Å². The fourth-order valence-corrected chi connectivity index (χ4v) is 2.12.